The summed E-state index contributed by atoms with van der Waals surface area (Å²) in [5.74, 6) is -1.48. The molecular formula is C18H19N3O4S. The average Bonchev–Trinajstić information content (AvgIpc) is 3.32. The molecule has 3 rings (SSSR count). The largest absolute Gasteiger partial charge is 0.347 e. The van der Waals surface area contributed by atoms with E-state index >= 15 is 0 Å². The molecular weight excluding hydrogens is 354 g/mol. The molecule has 1 aromatic heterocycles. The second-order valence-electron chi connectivity index (χ2n) is 6.44. The number of anilines is 1. The van der Waals surface area contributed by atoms with E-state index in [0.717, 1.165) is 25.7 Å². The normalized spacial score (nSPS) is 15.4. The lowest BCUT2D eigenvalue weighted by molar-refractivity contribution is -0.384. The monoisotopic (exact) mass is 373 g/mol. The van der Waals surface area contributed by atoms with Crippen LogP contribution in [-0.4, -0.2) is 23.3 Å². The number of nitrogens with one attached hydrogen (secondary N) is 2. The topological polar surface area (TPSA) is 101 Å². The smallest absolute Gasteiger partial charge is 0.313 e. The highest BCUT2D eigenvalue weighted by Gasteiger charge is 2.36. The maximum Gasteiger partial charge on any atom is 0.313 e. The van der Waals surface area contributed by atoms with E-state index in [9.17, 15) is 19.7 Å². The van der Waals surface area contributed by atoms with Crippen LogP contribution >= 0.6 is 11.3 Å². The standard InChI is InChI=1S/C18H19N3O4S/c22-16(17(23)20-14-3-5-15(6-4-14)21(24)25)19-12-18(8-1-2-9-18)13-7-10-26-11-13/h3-7,10-11H,1-2,8-9,12H2,(H,19,22)(H,20,23). The number of nitro groups is 1. The summed E-state index contributed by atoms with van der Waals surface area (Å²) in [6, 6.07) is 7.43. The van der Waals surface area contributed by atoms with Gasteiger partial charge in [-0.25, -0.2) is 0 Å². The lowest BCUT2D eigenvalue weighted by Crippen LogP contribution is -2.43. The first kappa shape index (κ1) is 18.1. The highest BCUT2D eigenvalue weighted by Crippen LogP contribution is 2.41. The number of hydrogen-bond donors (Lipinski definition) is 2. The van der Waals surface area contributed by atoms with Crippen LogP contribution in [-0.2, 0) is 15.0 Å². The van der Waals surface area contributed by atoms with E-state index < -0.39 is 16.7 Å². The van der Waals surface area contributed by atoms with Crippen LogP contribution in [0.25, 0.3) is 0 Å². The van der Waals surface area contributed by atoms with E-state index in [0.29, 0.717) is 12.2 Å². The fourth-order valence-corrected chi connectivity index (χ4v) is 4.15. The van der Waals surface area contributed by atoms with Crippen LogP contribution in [0.3, 0.4) is 0 Å². The Morgan fingerprint density at radius 2 is 1.81 bits per heavy atom. The summed E-state index contributed by atoms with van der Waals surface area (Å²) >= 11 is 1.63. The maximum atomic E-state index is 12.2. The Labute approximate surface area is 154 Å². The zero-order valence-electron chi connectivity index (χ0n) is 14.1. The van der Waals surface area contributed by atoms with Gasteiger partial charge in [-0.2, -0.15) is 11.3 Å². The van der Waals surface area contributed by atoms with Crippen molar-refractivity contribution in [3.8, 4) is 0 Å². The molecule has 0 saturated heterocycles. The van der Waals surface area contributed by atoms with Gasteiger partial charge >= 0.3 is 11.8 Å². The van der Waals surface area contributed by atoms with Crippen molar-refractivity contribution in [2.24, 2.45) is 0 Å². The van der Waals surface area contributed by atoms with Gasteiger partial charge in [0.05, 0.1) is 4.92 Å². The summed E-state index contributed by atoms with van der Waals surface area (Å²) < 4.78 is 0. The van der Waals surface area contributed by atoms with Crippen LogP contribution in [0.1, 0.15) is 31.2 Å². The zero-order valence-corrected chi connectivity index (χ0v) is 14.9. The molecule has 8 heteroatoms. The minimum absolute atomic E-state index is 0.0774. The number of non-ortho nitro benzene ring substituents is 1. The van der Waals surface area contributed by atoms with Crippen molar-refractivity contribution in [1.82, 2.24) is 5.32 Å². The van der Waals surface area contributed by atoms with E-state index in [1.807, 2.05) is 5.38 Å². The highest BCUT2D eigenvalue weighted by molar-refractivity contribution is 7.08. The first-order chi connectivity index (χ1) is 12.5. The second kappa shape index (κ2) is 7.65. The Morgan fingerprint density at radius 1 is 1.12 bits per heavy atom. The molecule has 0 radical (unpaired) electrons. The van der Waals surface area contributed by atoms with Gasteiger partial charge in [-0.05, 0) is 47.4 Å². The molecule has 1 saturated carbocycles. The Kier molecular flexibility index (Phi) is 5.32. The molecule has 0 spiro atoms. The van der Waals surface area contributed by atoms with Crippen molar-refractivity contribution in [3.63, 3.8) is 0 Å². The number of rotatable bonds is 5. The quantitative estimate of drug-likeness (QED) is 0.477. The van der Waals surface area contributed by atoms with Gasteiger partial charge in [-0.3, -0.25) is 19.7 Å². The number of amides is 2. The number of hydrogen-bond acceptors (Lipinski definition) is 5. The summed E-state index contributed by atoms with van der Waals surface area (Å²) in [5, 5.41) is 20.0. The molecule has 0 aliphatic heterocycles. The highest BCUT2D eigenvalue weighted by atomic mass is 32.1. The van der Waals surface area contributed by atoms with Gasteiger partial charge in [0.2, 0.25) is 0 Å². The van der Waals surface area contributed by atoms with Crippen LogP contribution in [0.15, 0.2) is 41.1 Å². The zero-order chi connectivity index (χ0) is 18.6. The third kappa shape index (κ3) is 3.91. The predicted molar refractivity (Wildman–Crippen MR) is 99.2 cm³/mol. The van der Waals surface area contributed by atoms with E-state index in [2.05, 4.69) is 22.1 Å². The molecule has 2 N–H and O–H groups in total. The average molecular weight is 373 g/mol. The van der Waals surface area contributed by atoms with Crippen molar-refractivity contribution in [1.29, 1.82) is 0 Å². The molecule has 1 aromatic carbocycles. The molecule has 1 fully saturated rings. The van der Waals surface area contributed by atoms with Crippen LogP contribution in [0.4, 0.5) is 11.4 Å². The van der Waals surface area contributed by atoms with Gasteiger partial charge < -0.3 is 10.6 Å². The maximum absolute atomic E-state index is 12.2. The molecule has 0 unspecified atom stereocenters. The molecule has 7 nitrogen and oxygen atoms in total. The van der Waals surface area contributed by atoms with Crippen LogP contribution in [0, 0.1) is 10.1 Å². The third-order valence-electron chi connectivity index (χ3n) is 4.82. The first-order valence-electron chi connectivity index (χ1n) is 8.36. The number of carbonyl (C=O) groups is 2. The minimum Gasteiger partial charge on any atom is -0.347 e. The Morgan fingerprint density at radius 3 is 2.38 bits per heavy atom. The number of nitro benzene ring substituents is 1. The number of nitrogens with zero attached hydrogens (tertiary/aromatic N) is 1. The van der Waals surface area contributed by atoms with Gasteiger partial charge in [-0.1, -0.05) is 12.8 Å². The van der Waals surface area contributed by atoms with Gasteiger partial charge in [0.1, 0.15) is 0 Å². The van der Waals surface area contributed by atoms with Crippen molar-refractivity contribution in [2.45, 2.75) is 31.1 Å². The number of thiophene rings is 1. The SMILES string of the molecule is O=C(NCC1(c2ccsc2)CCCC1)C(=O)Nc1ccc([N+](=O)[O-])cc1. The van der Waals surface area contributed by atoms with Gasteiger partial charge in [0.25, 0.3) is 5.69 Å². The first-order valence-corrected chi connectivity index (χ1v) is 9.31. The lowest BCUT2D eigenvalue weighted by atomic mass is 9.80. The molecule has 2 amide bonds. The third-order valence-corrected chi connectivity index (χ3v) is 5.51. The Hall–Kier alpha value is -2.74. The van der Waals surface area contributed by atoms with Crippen molar-refractivity contribution in [2.75, 3.05) is 11.9 Å². The van der Waals surface area contributed by atoms with Crippen molar-refractivity contribution < 1.29 is 14.5 Å². The van der Waals surface area contributed by atoms with Gasteiger partial charge in [0.15, 0.2) is 0 Å². The van der Waals surface area contributed by atoms with Crippen LogP contribution in [0.5, 0.6) is 0 Å². The summed E-state index contributed by atoms with van der Waals surface area (Å²) in [4.78, 5) is 34.3. The van der Waals surface area contributed by atoms with Crippen LogP contribution in [0.2, 0.25) is 0 Å². The fourth-order valence-electron chi connectivity index (χ4n) is 3.37. The summed E-state index contributed by atoms with van der Waals surface area (Å²) in [6.45, 7) is 0.427. The molecule has 1 aliphatic carbocycles. The van der Waals surface area contributed by atoms with Crippen molar-refractivity contribution in [3.05, 3.63) is 56.8 Å². The molecule has 2 aromatic rings. The van der Waals surface area contributed by atoms with Gasteiger partial charge in [-0.15, -0.1) is 0 Å². The second-order valence-corrected chi connectivity index (χ2v) is 7.22. The van der Waals surface area contributed by atoms with Crippen LogP contribution < -0.4 is 10.6 Å². The van der Waals surface area contributed by atoms with E-state index in [4.69, 9.17) is 0 Å². The van der Waals surface area contributed by atoms with E-state index in [1.165, 1.54) is 29.8 Å². The molecule has 1 aliphatic rings. The number of benzene rings is 1. The molecule has 136 valence electrons. The Balaban J connectivity index is 1.59. The predicted octanol–water partition coefficient (Wildman–Crippen LogP) is 3.22. The molecule has 0 atom stereocenters. The molecule has 1 heterocycles. The van der Waals surface area contributed by atoms with E-state index in [1.54, 1.807) is 11.3 Å². The minimum atomic E-state index is -0.780. The summed E-state index contributed by atoms with van der Waals surface area (Å²) in [6.07, 6.45) is 4.21. The molecule has 26 heavy (non-hydrogen) atoms. The number of carbonyl (C=O) groups excluding carboxylic acids is 2. The van der Waals surface area contributed by atoms with E-state index in [-0.39, 0.29) is 11.1 Å². The lowest BCUT2D eigenvalue weighted by Gasteiger charge is -2.28. The fraction of sp³-hybridized carbons (Fsp3) is 0.333. The van der Waals surface area contributed by atoms with Crippen molar-refractivity contribution >= 4 is 34.5 Å². The summed E-state index contributed by atoms with van der Waals surface area (Å²) in [5.41, 5.74) is 1.38. The summed E-state index contributed by atoms with van der Waals surface area (Å²) in [7, 11) is 0. The van der Waals surface area contributed by atoms with Gasteiger partial charge in [0, 0.05) is 29.8 Å². The Bertz CT molecular complexity index is 796. The molecule has 0 bridgehead atoms.